The topological polar surface area (TPSA) is 3.24 Å². The molecule has 0 aromatic carbocycles. The molecule has 1 atom stereocenters. The summed E-state index contributed by atoms with van der Waals surface area (Å²) in [6.45, 7) is 17.1. The fraction of sp³-hybridized carbons (Fsp3) is 0.625. The van der Waals surface area contributed by atoms with E-state index < -0.39 is 0 Å². The predicted octanol–water partition coefficient (Wildman–Crippen LogP) is 4.43. The lowest BCUT2D eigenvalue weighted by molar-refractivity contribution is 0.302. The summed E-state index contributed by atoms with van der Waals surface area (Å²) in [6, 6.07) is 0. The van der Waals surface area contributed by atoms with Crippen LogP contribution in [0.5, 0.6) is 0 Å². The van der Waals surface area contributed by atoms with Crippen LogP contribution >= 0.6 is 0 Å². The lowest BCUT2D eigenvalue weighted by atomic mass is 10.0. The first-order chi connectivity index (χ1) is 7.92. The highest BCUT2D eigenvalue weighted by Gasteiger charge is 2.09. The van der Waals surface area contributed by atoms with Crippen molar-refractivity contribution in [1.29, 1.82) is 0 Å². The molecular weight excluding hydrogens is 206 g/mol. The molecule has 0 bridgehead atoms. The average Bonchev–Trinajstić information content (AvgIpc) is 2.25. The van der Waals surface area contributed by atoms with Crippen LogP contribution in [0.1, 0.15) is 41.0 Å². The number of allylic oxidation sites excluding steroid dienone is 3. The van der Waals surface area contributed by atoms with Crippen molar-refractivity contribution in [2.24, 2.45) is 5.92 Å². The third-order valence-corrected chi connectivity index (χ3v) is 3.16. The van der Waals surface area contributed by atoms with E-state index in [0.717, 1.165) is 19.0 Å². The molecule has 1 nitrogen and oxygen atoms in total. The van der Waals surface area contributed by atoms with Gasteiger partial charge in [-0.3, -0.25) is 0 Å². The largest absolute Gasteiger partial charge is 0.302 e. The minimum atomic E-state index is 0.758. The molecule has 1 unspecified atom stereocenters. The van der Waals surface area contributed by atoms with Crippen LogP contribution in [0.4, 0.5) is 0 Å². The average molecular weight is 235 g/mol. The lowest BCUT2D eigenvalue weighted by Crippen LogP contribution is -2.27. The molecule has 0 heterocycles. The van der Waals surface area contributed by atoms with Gasteiger partial charge in [-0.15, -0.1) is 0 Å². The standard InChI is InChI=1S/C16H29N/c1-8-10-15(6)16(13(3)4)12-17(7)11-14(5)9-2/h8,10,14H,3,9,11-12H2,1-2,4-7H3/b10-8-,16-15-. The van der Waals surface area contributed by atoms with Gasteiger partial charge in [0.2, 0.25) is 0 Å². The van der Waals surface area contributed by atoms with Crippen LogP contribution in [-0.2, 0) is 0 Å². The number of hydrogen-bond donors (Lipinski definition) is 0. The molecule has 0 N–H and O–H groups in total. The Balaban J connectivity index is 4.67. The minimum Gasteiger partial charge on any atom is -0.302 e. The maximum Gasteiger partial charge on any atom is 0.0235 e. The molecule has 0 aliphatic carbocycles. The molecule has 0 saturated heterocycles. The van der Waals surface area contributed by atoms with E-state index in [4.69, 9.17) is 0 Å². The number of hydrogen-bond acceptors (Lipinski definition) is 1. The van der Waals surface area contributed by atoms with Crippen molar-refractivity contribution < 1.29 is 0 Å². The highest BCUT2D eigenvalue weighted by atomic mass is 15.1. The SMILES string of the molecule is C=C(C)/C(CN(C)CC(C)CC)=C(C)\C=C/C. The van der Waals surface area contributed by atoms with E-state index in [0.29, 0.717) is 0 Å². The van der Waals surface area contributed by atoms with Crippen molar-refractivity contribution in [1.82, 2.24) is 4.90 Å². The van der Waals surface area contributed by atoms with Gasteiger partial charge < -0.3 is 4.90 Å². The van der Waals surface area contributed by atoms with Gasteiger partial charge in [-0.1, -0.05) is 44.6 Å². The normalized spacial score (nSPS) is 15.2. The molecule has 0 aliphatic rings. The van der Waals surface area contributed by atoms with E-state index >= 15 is 0 Å². The maximum atomic E-state index is 4.09. The Bertz CT molecular complexity index is 297. The van der Waals surface area contributed by atoms with E-state index in [1.165, 1.54) is 23.1 Å². The van der Waals surface area contributed by atoms with Crippen LogP contribution in [0.15, 0.2) is 35.5 Å². The van der Waals surface area contributed by atoms with Gasteiger partial charge >= 0.3 is 0 Å². The monoisotopic (exact) mass is 235 g/mol. The van der Waals surface area contributed by atoms with Crippen LogP contribution in [0.3, 0.4) is 0 Å². The van der Waals surface area contributed by atoms with Gasteiger partial charge in [0.15, 0.2) is 0 Å². The van der Waals surface area contributed by atoms with E-state index in [2.05, 4.69) is 65.3 Å². The molecule has 1 heteroatoms. The Kier molecular flexibility index (Phi) is 7.90. The summed E-state index contributed by atoms with van der Waals surface area (Å²) in [5.41, 5.74) is 3.88. The summed E-state index contributed by atoms with van der Waals surface area (Å²) >= 11 is 0. The molecular formula is C16H29N. The van der Waals surface area contributed by atoms with Crippen molar-refractivity contribution in [3.8, 4) is 0 Å². The fourth-order valence-electron chi connectivity index (χ4n) is 1.94. The van der Waals surface area contributed by atoms with Gasteiger partial charge in [0.25, 0.3) is 0 Å². The molecule has 0 aromatic heterocycles. The van der Waals surface area contributed by atoms with Gasteiger partial charge in [0.1, 0.15) is 0 Å². The Morgan fingerprint density at radius 3 is 2.35 bits per heavy atom. The van der Waals surface area contributed by atoms with Crippen LogP contribution in [0.25, 0.3) is 0 Å². The second-order valence-electron chi connectivity index (χ2n) is 5.15. The molecule has 0 fully saturated rings. The summed E-state index contributed by atoms with van der Waals surface area (Å²) < 4.78 is 0. The smallest absolute Gasteiger partial charge is 0.0235 e. The van der Waals surface area contributed by atoms with Crippen LogP contribution < -0.4 is 0 Å². The molecule has 0 radical (unpaired) electrons. The van der Waals surface area contributed by atoms with Crippen molar-refractivity contribution in [3.05, 3.63) is 35.5 Å². The van der Waals surface area contributed by atoms with Gasteiger partial charge in [0.05, 0.1) is 0 Å². The minimum absolute atomic E-state index is 0.758. The molecule has 0 spiro atoms. The Hall–Kier alpha value is -0.820. The highest BCUT2D eigenvalue weighted by Crippen LogP contribution is 2.16. The summed E-state index contributed by atoms with van der Waals surface area (Å²) in [6.07, 6.45) is 5.50. The lowest BCUT2D eigenvalue weighted by Gasteiger charge is -2.23. The van der Waals surface area contributed by atoms with Crippen molar-refractivity contribution in [2.75, 3.05) is 20.1 Å². The number of rotatable bonds is 7. The zero-order chi connectivity index (χ0) is 13.4. The first-order valence-corrected chi connectivity index (χ1v) is 6.59. The van der Waals surface area contributed by atoms with Crippen LogP contribution in [0.2, 0.25) is 0 Å². The maximum absolute atomic E-state index is 4.09. The summed E-state index contributed by atoms with van der Waals surface area (Å²) in [4.78, 5) is 2.39. The van der Waals surface area contributed by atoms with E-state index in [9.17, 15) is 0 Å². The van der Waals surface area contributed by atoms with Crippen LogP contribution in [-0.4, -0.2) is 25.0 Å². The predicted molar refractivity (Wildman–Crippen MR) is 79.3 cm³/mol. The fourth-order valence-corrected chi connectivity index (χ4v) is 1.94. The molecule has 0 aromatic rings. The third-order valence-electron chi connectivity index (χ3n) is 3.16. The third kappa shape index (κ3) is 6.48. The molecule has 17 heavy (non-hydrogen) atoms. The first-order valence-electron chi connectivity index (χ1n) is 6.59. The second kappa shape index (κ2) is 8.30. The van der Waals surface area contributed by atoms with E-state index in [1.54, 1.807) is 0 Å². The summed E-state index contributed by atoms with van der Waals surface area (Å²) in [7, 11) is 2.19. The van der Waals surface area contributed by atoms with Gasteiger partial charge in [-0.2, -0.15) is 0 Å². The Morgan fingerprint density at radius 1 is 1.35 bits per heavy atom. The van der Waals surface area contributed by atoms with E-state index in [-0.39, 0.29) is 0 Å². The Labute approximate surface area is 108 Å². The highest BCUT2D eigenvalue weighted by molar-refractivity contribution is 5.37. The van der Waals surface area contributed by atoms with Gasteiger partial charge in [0, 0.05) is 13.1 Å². The number of nitrogens with zero attached hydrogens (tertiary/aromatic N) is 1. The van der Waals surface area contributed by atoms with Crippen molar-refractivity contribution >= 4 is 0 Å². The molecule has 0 amide bonds. The first kappa shape index (κ1) is 16.2. The van der Waals surface area contributed by atoms with Gasteiger partial charge in [-0.05, 0) is 44.9 Å². The summed E-state index contributed by atoms with van der Waals surface area (Å²) in [5, 5.41) is 0. The molecule has 98 valence electrons. The van der Waals surface area contributed by atoms with E-state index in [1.807, 2.05) is 0 Å². The quantitative estimate of drug-likeness (QED) is 0.590. The molecule has 0 aliphatic heterocycles. The summed E-state index contributed by atoms with van der Waals surface area (Å²) in [5.74, 6) is 0.758. The zero-order valence-corrected chi connectivity index (χ0v) is 12.5. The zero-order valence-electron chi connectivity index (χ0n) is 12.5. The van der Waals surface area contributed by atoms with Crippen molar-refractivity contribution in [3.63, 3.8) is 0 Å². The second-order valence-corrected chi connectivity index (χ2v) is 5.15. The molecule has 0 rings (SSSR count). The molecule has 0 saturated carbocycles. The van der Waals surface area contributed by atoms with Gasteiger partial charge in [-0.25, -0.2) is 0 Å². The van der Waals surface area contributed by atoms with Crippen molar-refractivity contribution in [2.45, 2.75) is 41.0 Å². The van der Waals surface area contributed by atoms with Crippen LogP contribution in [0, 0.1) is 5.92 Å². The number of likely N-dealkylation sites (N-methyl/N-ethyl adjacent to an activating group) is 1. The Morgan fingerprint density at radius 2 is 1.94 bits per heavy atom.